The Morgan fingerprint density at radius 1 is 0.158 bits per heavy atom. The zero-order valence-electron chi connectivity index (χ0n) is 77.3. The largest absolute Gasteiger partial charge is 1.00 e. The van der Waals surface area contributed by atoms with Gasteiger partial charge >= 0.3 is 0 Å². The molecule has 4 nitrogen and oxygen atoms in total. The molecule has 0 unspecified atom stereocenters. The topological polar surface area (TPSA) is 36.9 Å². The second-order valence-electron chi connectivity index (χ2n) is 36.8. The van der Waals surface area contributed by atoms with E-state index < -0.39 is 34.5 Å². The molecule has 0 bridgehead atoms. The Bertz CT molecular complexity index is 5090. The van der Waals surface area contributed by atoms with Crippen LogP contribution in [0.2, 0.25) is 0 Å². The van der Waals surface area contributed by atoms with Crippen LogP contribution in [0.5, 0.6) is 0 Å². The first-order chi connectivity index (χ1) is 63.7. The number of halogens is 4. The Hall–Kier alpha value is -7.96. The fourth-order valence-electron chi connectivity index (χ4n) is 20.0. The average molecular weight is 2090 g/mol. The molecule has 688 valence electrons. The van der Waals surface area contributed by atoms with Gasteiger partial charge in [-0.3, -0.25) is 0 Å². The molecule has 16 aromatic carbocycles. The summed E-state index contributed by atoms with van der Waals surface area (Å²) in [6.45, 7) is 4.25. The highest BCUT2D eigenvalue weighted by Gasteiger charge is 2.44. The number of fused-ring (bicyclic) bond motifs is 4. The molecular formula is C121H132Br4O4P4. The molecule has 0 amide bonds. The molecule has 0 aliphatic rings. The van der Waals surface area contributed by atoms with Crippen LogP contribution in [0.1, 0.15) is 66.8 Å². The van der Waals surface area contributed by atoms with Crippen LogP contribution in [0.4, 0.5) is 0 Å². The molecule has 133 heavy (non-hydrogen) atoms. The van der Waals surface area contributed by atoms with Gasteiger partial charge in [-0.05, 0) is 110 Å². The molecule has 0 aliphatic heterocycles. The van der Waals surface area contributed by atoms with Crippen molar-refractivity contribution >= 4 is 72.1 Å². The van der Waals surface area contributed by atoms with Gasteiger partial charge in [0.1, 0.15) is 0 Å². The van der Waals surface area contributed by atoms with Crippen molar-refractivity contribution in [2.45, 2.75) is 76.0 Å². The number of rotatable bonds is 52. The Balaban J connectivity index is 0.00000399. The molecule has 0 radical (unpaired) electrons. The van der Waals surface area contributed by atoms with E-state index in [1.807, 2.05) is 0 Å². The molecule has 0 N–H and O–H groups in total. The van der Waals surface area contributed by atoms with E-state index in [-0.39, 0.29) is 67.9 Å². The minimum atomic E-state index is -1.89. The van der Waals surface area contributed by atoms with Gasteiger partial charge in [-0.25, -0.2) is 0 Å². The van der Waals surface area contributed by atoms with Crippen molar-refractivity contribution in [3.05, 3.63) is 479 Å². The fraction of sp³-hybridized carbons (Fsp3) is 0.273. The summed E-state index contributed by atoms with van der Waals surface area (Å²) in [7, 11) is -7.54. The van der Waals surface area contributed by atoms with Gasteiger partial charge in [-0.15, -0.1) is 0 Å². The van der Waals surface area contributed by atoms with E-state index in [2.05, 4.69) is 413 Å². The van der Waals surface area contributed by atoms with Crippen molar-refractivity contribution < 1.29 is 86.9 Å². The molecule has 16 aromatic rings. The second-order valence-corrected chi connectivity index (χ2v) is 54.2. The van der Waals surface area contributed by atoms with Gasteiger partial charge < -0.3 is 86.9 Å². The van der Waals surface area contributed by atoms with Gasteiger partial charge in [0.25, 0.3) is 0 Å². The lowest BCUT2D eigenvalue weighted by Crippen LogP contribution is -3.00. The number of hydrogen-bond acceptors (Lipinski definition) is 4. The van der Waals surface area contributed by atoms with Crippen LogP contribution in [0.25, 0.3) is 43.1 Å². The summed E-state index contributed by atoms with van der Waals surface area (Å²) in [6.07, 6.45) is 25.4. The van der Waals surface area contributed by atoms with Gasteiger partial charge in [0, 0.05) is 80.4 Å². The maximum Gasteiger partial charge on any atom is 0.0849 e. The monoisotopic (exact) mass is 2090 g/mol. The Morgan fingerprint density at radius 2 is 0.308 bits per heavy atom. The van der Waals surface area contributed by atoms with E-state index in [1.165, 1.54) is 110 Å². The lowest BCUT2D eigenvalue weighted by Gasteiger charge is -2.35. The van der Waals surface area contributed by atoms with Crippen molar-refractivity contribution in [2.75, 3.05) is 127 Å². The van der Waals surface area contributed by atoms with Crippen LogP contribution in [0.3, 0.4) is 0 Å². The Labute approximate surface area is 839 Å². The summed E-state index contributed by atoms with van der Waals surface area (Å²) in [6, 6.07) is 155. The molecule has 0 saturated heterocycles. The predicted molar refractivity (Wildman–Crippen MR) is 564 cm³/mol. The van der Waals surface area contributed by atoms with Gasteiger partial charge in [0.15, 0.2) is 0 Å². The Morgan fingerprint density at radius 3 is 0.481 bits per heavy atom. The minimum absolute atomic E-state index is 0. The molecule has 0 aromatic heterocycles. The van der Waals surface area contributed by atoms with Gasteiger partial charge in [-0.1, -0.05) is 413 Å². The molecule has 0 saturated carbocycles. The van der Waals surface area contributed by atoms with Crippen LogP contribution in [0, 0.1) is 5.41 Å². The van der Waals surface area contributed by atoms with Gasteiger partial charge in [0.2, 0.25) is 0 Å². The first kappa shape index (κ1) is 104. The van der Waals surface area contributed by atoms with Crippen molar-refractivity contribution in [1.82, 2.24) is 0 Å². The molecule has 16 rings (SSSR count). The standard InChI is InChI=1S/C121H132O4P4.4BrH/c1-9-37-101(38-10-1)69-81-126(82-70-102-39-11-2-12-40-102,93-113-61-33-57-109-53-25-29-65-117(109)113)89-77-122-97-121(98-123-78-90-127(83-71-103-41-13-3-14-42-103,84-72-104-43-15-4-16-44-104)94-114-62-34-58-110-54-26-30-66-118(110)114,99-124-79-91-128(85-73-105-45-17-5-18-46-105,86-74-106-47-19-6-20-48-106)95-115-63-35-59-111-55-27-31-67-119(111)115)100-125-80-92-129(87-75-107-49-21-7-22-50-107,88-76-108-51-23-8-24-52-108)96-116-64-36-60-112-56-28-32-68-120(112)116;;;;/h1-68H,69-100H2;4*1H/q+4;;;;/p-4. The Kier molecular flexibility index (Phi) is 42.4. The maximum atomic E-state index is 7.87. The fourth-order valence-corrected chi connectivity index (χ4v) is 36.5. The van der Waals surface area contributed by atoms with Crippen LogP contribution in [-0.4, -0.2) is 127 Å². The lowest BCUT2D eigenvalue weighted by molar-refractivity contribution is -0.100. The maximum absolute atomic E-state index is 7.87. The highest BCUT2D eigenvalue weighted by molar-refractivity contribution is 7.76. The normalized spacial score (nSPS) is 11.8. The molecule has 12 heteroatoms. The minimum Gasteiger partial charge on any atom is -1.00 e. The summed E-state index contributed by atoms with van der Waals surface area (Å²) in [4.78, 5) is 0. The summed E-state index contributed by atoms with van der Waals surface area (Å²) in [5, 5.41) is 10.7. The molecule has 0 heterocycles. The van der Waals surface area contributed by atoms with Gasteiger partial charge in [0.05, 0.1) is 157 Å². The number of benzene rings is 16. The smallest absolute Gasteiger partial charge is 0.0849 e. The number of ether oxygens (including phenoxy) is 4. The molecule has 0 atom stereocenters. The van der Waals surface area contributed by atoms with E-state index in [4.69, 9.17) is 18.9 Å². The van der Waals surface area contributed by atoms with Crippen molar-refractivity contribution in [1.29, 1.82) is 0 Å². The summed E-state index contributed by atoms with van der Waals surface area (Å²) >= 11 is 0. The van der Waals surface area contributed by atoms with E-state index in [9.17, 15) is 0 Å². The van der Waals surface area contributed by atoms with E-state index in [1.54, 1.807) is 0 Å². The zero-order valence-corrected chi connectivity index (χ0v) is 87.2. The predicted octanol–water partition coefficient (Wildman–Crippen LogP) is 17.5. The second kappa shape index (κ2) is 54.3. The van der Waals surface area contributed by atoms with E-state index in [0.29, 0.717) is 52.9 Å². The first-order valence-corrected chi connectivity index (χ1v) is 57.7. The summed E-state index contributed by atoms with van der Waals surface area (Å²) in [5.41, 5.74) is 16.4. The lowest BCUT2D eigenvalue weighted by atomic mass is 9.92. The van der Waals surface area contributed by atoms with Crippen molar-refractivity contribution in [3.63, 3.8) is 0 Å². The van der Waals surface area contributed by atoms with Crippen LogP contribution in [0.15, 0.2) is 413 Å². The molecule has 0 fully saturated rings. The quantitative estimate of drug-likeness (QED) is 0.0281. The summed E-state index contributed by atoms with van der Waals surface area (Å²) in [5.74, 6) is 0. The SMILES string of the molecule is [Br-].[Br-].[Br-].[Br-].c1ccc(CC[P+](CCOCC(COCC[P+](CCc2ccccc2)(CCc2ccccc2)Cc2cccc3ccccc23)(COCC[P+](CCc2ccccc2)(CCc2ccccc2)Cc2cccc3ccccc23)COCC[P+](CCc2ccccc2)(CCc2ccccc2)Cc2cccc3ccccc23)(CCc2ccccc2)Cc2cccc3ccccc23)cc1. The van der Waals surface area contributed by atoms with Crippen LogP contribution >= 0.6 is 29.0 Å². The number of aryl methyl sites for hydroxylation is 8. The van der Waals surface area contributed by atoms with Crippen molar-refractivity contribution in [3.8, 4) is 0 Å². The third-order valence-corrected chi connectivity index (χ3v) is 45.7. The van der Waals surface area contributed by atoms with E-state index in [0.717, 1.165) is 150 Å². The molecule has 0 spiro atoms. The zero-order chi connectivity index (χ0) is 87.6. The van der Waals surface area contributed by atoms with E-state index >= 15 is 0 Å². The molecular weight excluding hydrogens is 1960 g/mol. The van der Waals surface area contributed by atoms with Crippen LogP contribution < -0.4 is 67.9 Å². The first-order valence-electron chi connectivity index (χ1n) is 47.6. The summed E-state index contributed by atoms with van der Waals surface area (Å²) < 4.78 is 31.5. The number of hydrogen-bond donors (Lipinski definition) is 0. The van der Waals surface area contributed by atoms with Gasteiger partial charge in [-0.2, -0.15) is 0 Å². The third kappa shape index (κ3) is 31.0. The highest BCUT2D eigenvalue weighted by Crippen LogP contribution is 2.66. The average Bonchev–Trinajstić information content (AvgIpc) is 0.811. The van der Waals surface area contributed by atoms with Crippen LogP contribution in [-0.2, 0) is 95.0 Å². The molecule has 0 aliphatic carbocycles. The van der Waals surface area contributed by atoms with Crippen molar-refractivity contribution in [2.24, 2.45) is 5.41 Å². The highest BCUT2D eigenvalue weighted by atomic mass is 79.9. The third-order valence-electron chi connectivity index (χ3n) is 27.8.